The van der Waals surface area contributed by atoms with Crippen molar-refractivity contribution < 1.29 is 4.74 Å². The molecule has 1 aromatic heterocycles. The summed E-state index contributed by atoms with van der Waals surface area (Å²) in [6.07, 6.45) is 2.30. The zero-order valence-electron chi connectivity index (χ0n) is 9.96. The van der Waals surface area contributed by atoms with Gasteiger partial charge in [0.05, 0.1) is 18.9 Å². The molecule has 1 aromatic rings. The molecule has 0 radical (unpaired) electrons. The first-order chi connectivity index (χ1) is 7.56. The highest BCUT2D eigenvalue weighted by Crippen LogP contribution is 2.11. The fraction of sp³-hybridized carbons (Fsp3) is 0.800. The van der Waals surface area contributed by atoms with Crippen LogP contribution in [0.2, 0.25) is 0 Å². The number of nitrogens with zero attached hydrogens (tertiary/aromatic N) is 4. The SMILES string of the molecule is CC1CN(Cn2ncn(C)c2=S)CC(C)O1. The molecule has 0 aliphatic carbocycles. The normalized spacial score (nSPS) is 27.2. The number of ether oxygens (including phenoxy) is 1. The number of rotatable bonds is 2. The van der Waals surface area contributed by atoms with Gasteiger partial charge in [0.15, 0.2) is 4.77 Å². The van der Waals surface area contributed by atoms with Crippen molar-refractivity contribution in [3.8, 4) is 0 Å². The largest absolute Gasteiger partial charge is 0.373 e. The number of hydrogen-bond donors (Lipinski definition) is 0. The summed E-state index contributed by atoms with van der Waals surface area (Å²) in [5.74, 6) is 0. The van der Waals surface area contributed by atoms with Crippen molar-refractivity contribution in [3.63, 3.8) is 0 Å². The third-order valence-electron chi connectivity index (χ3n) is 2.72. The first kappa shape index (κ1) is 11.8. The smallest absolute Gasteiger partial charge is 0.198 e. The van der Waals surface area contributed by atoms with E-state index in [2.05, 4.69) is 23.8 Å². The van der Waals surface area contributed by atoms with E-state index in [9.17, 15) is 0 Å². The van der Waals surface area contributed by atoms with Crippen LogP contribution in [0, 0.1) is 4.77 Å². The lowest BCUT2D eigenvalue weighted by Crippen LogP contribution is -2.46. The molecule has 0 aromatic carbocycles. The zero-order chi connectivity index (χ0) is 11.7. The standard InChI is InChI=1S/C10H18N4OS/c1-8-4-13(5-9(2)15-8)7-14-10(16)12(3)6-11-14/h6,8-9H,4-5,7H2,1-3H3. The van der Waals surface area contributed by atoms with E-state index in [0.717, 1.165) is 24.5 Å². The first-order valence-electron chi connectivity index (χ1n) is 5.52. The van der Waals surface area contributed by atoms with Crippen molar-refractivity contribution in [2.45, 2.75) is 32.7 Å². The summed E-state index contributed by atoms with van der Waals surface area (Å²) >= 11 is 5.26. The molecule has 5 nitrogen and oxygen atoms in total. The van der Waals surface area contributed by atoms with Gasteiger partial charge in [-0.2, -0.15) is 5.10 Å². The molecule has 1 saturated heterocycles. The Morgan fingerprint density at radius 3 is 2.56 bits per heavy atom. The molecular weight excluding hydrogens is 224 g/mol. The van der Waals surface area contributed by atoms with Gasteiger partial charge in [0, 0.05) is 20.1 Å². The third-order valence-corrected chi connectivity index (χ3v) is 3.21. The summed E-state index contributed by atoms with van der Waals surface area (Å²) in [4.78, 5) is 2.32. The number of aromatic nitrogens is 3. The second-order valence-electron chi connectivity index (χ2n) is 4.46. The quantitative estimate of drug-likeness (QED) is 0.725. The second-order valence-corrected chi connectivity index (χ2v) is 4.82. The van der Waals surface area contributed by atoms with Gasteiger partial charge in [0.2, 0.25) is 0 Å². The van der Waals surface area contributed by atoms with Gasteiger partial charge >= 0.3 is 0 Å². The summed E-state index contributed by atoms with van der Waals surface area (Å²) in [5, 5.41) is 4.25. The van der Waals surface area contributed by atoms with Crippen LogP contribution in [0.3, 0.4) is 0 Å². The molecule has 6 heteroatoms. The Labute approximate surface area is 101 Å². The van der Waals surface area contributed by atoms with Crippen molar-refractivity contribution in [2.75, 3.05) is 13.1 Å². The molecule has 2 unspecified atom stereocenters. The Hall–Kier alpha value is -0.720. The molecule has 2 atom stereocenters. The van der Waals surface area contributed by atoms with Crippen LogP contribution < -0.4 is 0 Å². The molecule has 0 bridgehead atoms. The molecule has 2 rings (SSSR count). The van der Waals surface area contributed by atoms with Gasteiger partial charge < -0.3 is 9.30 Å². The van der Waals surface area contributed by atoms with Crippen LogP contribution in [0.25, 0.3) is 0 Å². The van der Waals surface area contributed by atoms with Crippen molar-refractivity contribution in [3.05, 3.63) is 11.1 Å². The molecule has 1 aliphatic heterocycles. The monoisotopic (exact) mass is 242 g/mol. The highest BCUT2D eigenvalue weighted by molar-refractivity contribution is 7.71. The Kier molecular flexibility index (Phi) is 3.41. The fourth-order valence-corrected chi connectivity index (χ4v) is 2.26. The molecule has 2 heterocycles. The predicted molar refractivity (Wildman–Crippen MR) is 63.6 cm³/mol. The van der Waals surface area contributed by atoms with Gasteiger partial charge in [0.25, 0.3) is 0 Å². The topological polar surface area (TPSA) is 35.2 Å². The maximum atomic E-state index is 5.69. The fourth-order valence-electron chi connectivity index (χ4n) is 2.11. The summed E-state index contributed by atoms with van der Waals surface area (Å²) in [7, 11) is 1.91. The van der Waals surface area contributed by atoms with E-state index in [0.29, 0.717) is 0 Å². The number of hydrogen-bond acceptors (Lipinski definition) is 4. The van der Waals surface area contributed by atoms with Gasteiger partial charge in [-0.3, -0.25) is 4.90 Å². The van der Waals surface area contributed by atoms with Crippen LogP contribution in [0.15, 0.2) is 6.33 Å². The van der Waals surface area contributed by atoms with Gasteiger partial charge in [-0.1, -0.05) is 0 Å². The van der Waals surface area contributed by atoms with Crippen molar-refractivity contribution in [2.24, 2.45) is 7.05 Å². The van der Waals surface area contributed by atoms with Crippen LogP contribution >= 0.6 is 12.2 Å². The van der Waals surface area contributed by atoms with E-state index in [4.69, 9.17) is 17.0 Å². The Balaban J connectivity index is 2.04. The molecule has 0 N–H and O–H groups in total. The van der Waals surface area contributed by atoms with Gasteiger partial charge in [-0.25, -0.2) is 4.68 Å². The average molecular weight is 242 g/mol. The van der Waals surface area contributed by atoms with E-state index in [-0.39, 0.29) is 12.2 Å². The lowest BCUT2D eigenvalue weighted by atomic mass is 10.2. The average Bonchev–Trinajstić information content (AvgIpc) is 2.48. The molecule has 0 spiro atoms. The van der Waals surface area contributed by atoms with E-state index < -0.39 is 0 Å². The van der Waals surface area contributed by atoms with Gasteiger partial charge in [-0.15, -0.1) is 0 Å². The maximum Gasteiger partial charge on any atom is 0.198 e. The van der Waals surface area contributed by atoms with E-state index in [1.807, 2.05) is 16.3 Å². The van der Waals surface area contributed by atoms with Crippen LogP contribution in [0.1, 0.15) is 13.8 Å². The molecule has 16 heavy (non-hydrogen) atoms. The first-order valence-corrected chi connectivity index (χ1v) is 5.93. The summed E-state index contributed by atoms with van der Waals surface area (Å²) < 4.78 is 10.1. The predicted octanol–water partition coefficient (Wildman–Crippen LogP) is 1.02. The van der Waals surface area contributed by atoms with Crippen molar-refractivity contribution in [1.29, 1.82) is 0 Å². The summed E-state index contributed by atoms with van der Waals surface area (Å²) in [5.41, 5.74) is 0. The van der Waals surface area contributed by atoms with Crippen molar-refractivity contribution in [1.82, 2.24) is 19.2 Å². The Morgan fingerprint density at radius 1 is 1.44 bits per heavy atom. The molecule has 1 fully saturated rings. The second kappa shape index (κ2) is 4.65. The number of morpholine rings is 1. The Bertz CT molecular complexity index is 403. The highest BCUT2D eigenvalue weighted by atomic mass is 32.1. The molecule has 1 aliphatic rings. The van der Waals surface area contributed by atoms with Gasteiger partial charge in [0.1, 0.15) is 6.33 Å². The van der Waals surface area contributed by atoms with Crippen LogP contribution in [0.5, 0.6) is 0 Å². The van der Waals surface area contributed by atoms with Crippen LogP contribution in [-0.4, -0.2) is 44.5 Å². The third kappa shape index (κ3) is 2.50. The summed E-state index contributed by atoms with van der Waals surface area (Å²) in [6.45, 7) is 6.81. The van der Waals surface area contributed by atoms with E-state index in [1.165, 1.54) is 0 Å². The minimum atomic E-state index is 0.279. The van der Waals surface area contributed by atoms with Crippen LogP contribution in [-0.2, 0) is 18.5 Å². The highest BCUT2D eigenvalue weighted by Gasteiger charge is 2.22. The molecular formula is C10H18N4OS. The lowest BCUT2D eigenvalue weighted by molar-refractivity contribution is -0.0777. The minimum absolute atomic E-state index is 0.279. The van der Waals surface area contributed by atoms with Crippen LogP contribution in [0.4, 0.5) is 0 Å². The van der Waals surface area contributed by atoms with E-state index in [1.54, 1.807) is 6.33 Å². The zero-order valence-corrected chi connectivity index (χ0v) is 10.8. The molecule has 0 saturated carbocycles. The molecule has 90 valence electrons. The number of aryl methyl sites for hydroxylation is 1. The molecule has 0 amide bonds. The minimum Gasteiger partial charge on any atom is -0.373 e. The lowest BCUT2D eigenvalue weighted by Gasteiger charge is -2.34. The maximum absolute atomic E-state index is 5.69. The van der Waals surface area contributed by atoms with E-state index >= 15 is 0 Å². The summed E-state index contributed by atoms with van der Waals surface area (Å²) in [6, 6.07) is 0. The Morgan fingerprint density at radius 2 is 2.06 bits per heavy atom. The van der Waals surface area contributed by atoms with Crippen molar-refractivity contribution >= 4 is 12.2 Å². The van der Waals surface area contributed by atoms with Gasteiger partial charge in [-0.05, 0) is 26.1 Å².